The SMILES string of the molecule is CC1CCOC1c1nc(C2CCCCC2)no1. The first kappa shape index (κ1) is 11.2. The zero-order valence-corrected chi connectivity index (χ0v) is 10.4. The smallest absolute Gasteiger partial charge is 0.256 e. The van der Waals surface area contributed by atoms with Crippen molar-refractivity contribution in [3.63, 3.8) is 0 Å². The van der Waals surface area contributed by atoms with Crippen molar-refractivity contribution in [3.05, 3.63) is 11.7 Å². The molecule has 2 aliphatic rings. The Morgan fingerprint density at radius 3 is 2.65 bits per heavy atom. The normalized spacial score (nSPS) is 30.9. The Morgan fingerprint density at radius 2 is 1.94 bits per heavy atom. The molecular weight excluding hydrogens is 216 g/mol. The van der Waals surface area contributed by atoms with E-state index in [2.05, 4.69) is 17.1 Å². The molecule has 1 aromatic rings. The van der Waals surface area contributed by atoms with Crippen LogP contribution in [-0.4, -0.2) is 16.7 Å². The van der Waals surface area contributed by atoms with Crippen LogP contribution in [0.25, 0.3) is 0 Å². The molecule has 0 amide bonds. The van der Waals surface area contributed by atoms with Gasteiger partial charge in [0.05, 0.1) is 0 Å². The van der Waals surface area contributed by atoms with E-state index in [0.29, 0.717) is 17.7 Å². The molecule has 1 aromatic heterocycles. The van der Waals surface area contributed by atoms with Crippen LogP contribution in [0, 0.1) is 5.92 Å². The first-order valence-electron chi connectivity index (χ1n) is 6.79. The first-order valence-corrected chi connectivity index (χ1v) is 6.79. The van der Waals surface area contributed by atoms with E-state index in [1.54, 1.807) is 0 Å². The van der Waals surface area contributed by atoms with Crippen molar-refractivity contribution in [2.75, 3.05) is 6.61 Å². The quantitative estimate of drug-likeness (QED) is 0.791. The highest BCUT2D eigenvalue weighted by Gasteiger charge is 2.32. The summed E-state index contributed by atoms with van der Waals surface area (Å²) in [6.07, 6.45) is 7.48. The van der Waals surface area contributed by atoms with Gasteiger partial charge in [0.2, 0.25) is 0 Å². The maximum absolute atomic E-state index is 5.66. The summed E-state index contributed by atoms with van der Waals surface area (Å²) >= 11 is 0. The van der Waals surface area contributed by atoms with Crippen LogP contribution in [0.15, 0.2) is 4.52 Å². The van der Waals surface area contributed by atoms with Crippen LogP contribution < -0.4 is 0 Å². The van der Waals surface area contributed by atoms with Gasteiger partial charge in [-0.05, 0) is 25.2 Å². The summed E-state index contributed by atoms with van der Waals surface area (Å²) in [5.74, 6) is 2.60. The van der Waals surface area contributed by atoms with Gasteiger partial charge in [0.1, 0.15) is 6.10 Å². The van der Waals surface area contributed by atoms with E-state index in [0.717, 1.165) is 18.9 Å². The third-order valence-electron chi connectivity index (χ3n) is 4.06. The van der Waals surface area contributed by atoms with Gasteiger partial charge >= 0.3 is 0 Å². The van der Waals surface area contributed by atoms with Gasteiger partial charge < -0.3 is 9.26 Å². The number of hydrogen-bond donors (Lipinski definition) is 0. The molecule has 4 heteroatoms. The molecule has 94 valence electrons. The third-order valence-corrected chi connectivity index (χ3v) is 4.06. The van der Waals surface area contributed by atoms with Crippen molar-refractivity contribution in [3.8, 4) is 0 Å². The van der Waals surface area contributed by atoms with Gasteiger partial charge in [0, 0.05) is 12.5 Å². The van der Waals surface area contributed by atoms with Crippen LogP contribution in [0.5, 0.6) is 0 Å². The second kappa shape index (κ2) is 4.77. The molecule has 4 nitrogen and oxygen atoms in total. The number of nitrogens with zero attached hydrogens (tertiary/aromatic N) is 2. The Kier molecular flexibility index (Phi) is 3.14. The van der Waals surface area contributed by atoms with Crippen molar-refractivity contribution in [2.45, 2.75) is 57.5 Å². The van der Waals surface area contributed by atoms with Gasteiger partial charge in [-0.25, -0.2) is 0 Å². The minimum Gasteiger partial charge on any atom is -0.368 e. The molecule has 0 radical (unpaired) electrons. The predicted molar refractivity (Wildman–Crippen MR) is 62.6 cm³/mol. The van der Waals surface area contributed by atoms with Gasteiger partial charge in [0.15, 0.2) is 5.82 Å². The van der Waals surface area contributed by atoms with Crippen molar-refractivity contribution < 1.29 is 9.26 Å². The molecule has 2 fully saturated rings. The van der Waals surface area contributed by atoms with Crippen molar-refractivity contribution in [2.24, 2.45) is 5.92 Å². The van der Waals surface area contributed by atoms with Crippen LogP contribution in [-0.2, 0) is 4.74 Å². The minimum atomic E-state index is 0.0276. The molecule has 1 aliphatic carbocycles. The topological polar surface area (TPSA) is 48.2 Å². The van der Waals surface area contributed by atoms with E-state index in [1.807, 2.05) is 0 Å². The van der Waals surface area contributed by atoms with Gasteiger partial charge in [-0.3, -0.25) is 0 Å². The summed E-state index contributed by atoms with van der Waals surface area (Å²) in [6.45, 7) is 3.00. The number of aromatic nitrogens is 2. The van der Waals surface area contributed by atoms with Gasteiger partial charge in [-0.15, -0.1) is 0 Å². The predicted octanol–water partition coefficient (Wildman–Crippen LogP) is 3.21. The fourth-order valence-corrected chi connectivity index (χ4v) is 2.90. The lowest BCUT2D eigenvalue weighted by Crippen LogP contribution is -2.08. The summed E-state index contributed by atoms with van der Waals surface area (Å²) in [6, 6.07) is 0. The average molecular weight is 236 g/mol. The Morgan fingerprint density at radius 1 is 1.12 bits per heavy atom. The third kappa shape index (κ3) is 2.23. The van der Waals surface area contributed by atoms with Gasteiger partial charge in [0.25, 0.3) is 5.89 Å². The molecule has 1 saturated carbocycles. The monoisotopic (exact) mass is 236 g/mol. The molecule has 2 heterocycles. The van der Waals surface area contributed by atoms with Crippen LogP contribution in [0.1, 0.15) is 69.2 Å². The minimum absolute atomic E-state index is 0.0276. The molecule has 0 bridgehead atoms. The number of ether oxygens (including phenoxy) is 1. The Labute approximate surface area is 102 Å². The maximum Gasteiger partial charge on any atom is 0.256 e. The summed E-state index contributed by atoms with van der Waals surface area (Å²) in [7, 11) is 0. The van der Waals surface area contributed by atoms with Gasteiger partial charge in [-0.2, -0.15) is 4.98 Å². The average Bonchev–Trinajstić information content (AvgIpc) is 2.98. The van der Waals surface area contributed by atoms with Crippen LogP contribution in [0.4, 0.5) is 0 Å². The van der Waals surface area contributed by atoms with Crippen LogP contribution in [0.3, 0.4) is 0 Å². The van der Waals surface area contributed by atoms with Crippen LogP contribution >= 0.6 is 0 Å². The molecule has 0 spiro atoms. The van der Waals surface area contributed by atoms with E-state index < -0.39 is 0 Å². The molecule has 2 atom stereocenters. The second-order valence-electron chi connectivity index (χ2n) is 5.38. The molecule has 3 rings (SSSR count). The highest BCUT2D eigenvalue weighted by molar-refractivity contribution is 5.00. The number of hydrogen-bond acceptors (Lipinski definition) is 4. The standard InChI is InChI=1S/C13H20N2O2/c1-9-7-8-16-11(9)13-14-12(15-17-13)10-5-3-2-4-6-10/h9-11H,2-8H2,1H3. The highest BCUT2D eigenvalue weighted by atomic mass is 16.5. The largest absolute Gasteiger partial charge is 0.368 e. The molecule has 0 N–H and O–H groups in total. The molecule has 17 heavy (non-hydrogen) atoms. The summed E-state index contributed by atoms with van der Waals surface area (Å²) in [4.78, 5) is 4.56. The Balaban J connectivity index is 1.73. The Hall–Kier alpha value is -0.900. The van der Waals surface area contributed by atoms with E-state index in [9.17, 15) is 0 Å². The van der Waals surface area contributed by atoms with E-state index in [-0.39, 0.29) is 6.10 Å². The van der Waals surface area contributed by atoms with E-state index in [1.165, 1.54) is 32.1 Å². The van der Waals surface area contributed by atoms with Crippen molar-refractivity contribution in [1.29, 1.82) is 0 Å². The molecular formula is C13H20N2O2. The fourth-order valence-electron chi connectivity index (χ4n) is 2.90. The Bertz CT molecular complexity index is 371. The zero-order valence-electron chi connectivity index (χ0n) is 10.4. The maximum atomic E-state index is 5.66. The first-order chi connectivity index (χ1) is 8.34. The lowest BCUT2D eigenvalue weighted by atomic mass is 9.89. The lowest BCUT2D eigenvalue weighted by Gasteiger charge is -2.17. The van der Waals surface area contributed by atoms with E-state index in [4.69, 9.17) is 9.26 Å². The van der Waals surface area contributed by atoms with Crippen LogP contribution in [0.2, 0.25) is 0 Å². The lowest BCUT2D eigenvalue weighted by molar-refractivity contribution is 0.0661. The molecule has 1 aliphatic heterocycles. The second-order valence-corrected chi connectivity index (χ2v) is 5.38. The summed E-state index contributed by atoms with van der Waals surface area (Å²) < 4.78 is 11.0. The molecule has 2 unspecified atom stereocenters. The summed E-state index contributed by atoms with van der Waals surface area (Å²) in [5, 5.41) is 4.15. The van der Waals surface area contributed by atoms with Crippen molar-refractivity contribution >= 4 is 0 Å². The zero-order chi connectivity index (χ0) is 11.7. The molecule has 1 saturated heterocycles. The van der Waals surface area contributed by atoms with E-state index >= 15 is 0 Å². The van der Waals surface area contributed by atoms with Crippen molar-refractivity contribution in [1.82, 2.24) is 10.1 Å². The summed E-state index contributed by atoms with van der Waals surface area (Å²) in [5.41, 5.74) is 0. The fraction of sp³-hybridized carbons (Fsp3) is 0.846. The molecule has 0 aromatic carbocycles. The van der Waals surface area contributed by atoms with Gasteiger partial charge in [-0.1, -0.05) is 31.3 Å². The highest BCUT2D eigenvalue weighted by Crippen LogP contribution is 2.35. The number of rotatable bonds is 2.